The average molecular weight is 431 g/mol. The van der Waals surface area contributed by atoms with Gasteiger partial charge in [0.2, 0.25) is 0 Å². The van der Waals surface area contributed by atoms with Crippen molar-refractivity contribution in [2.45, 2.75) is 24.3 Å². The summed E-state index contributed by atoms with van der Waals surface area (Å²) < 4.78 is 11.1. The fraction of sp³-hybridized carbons (Fsp3) is 0.250. The number of nitrogens with zero attached hydrogens (tertiary/aromatic N) is 2. The van der Waals surface area contributed by atoms with E-state index in [2.05, 4.69) is 9.98 Å². The largest absolute Gasteiger partial charge is 0.508 e. The molecule has 9 heteroatoms. The molecule has 7 nitrogen and oxygen atoms in total. The number of fused-ring (bicyclic) bond motifs is 1. The molecule has 1 atom stereocenters. The summed E-state index contributed by atoms with van der Waals surface area (Å²) in [6.07, 6.45) is 0. The van der Waals surface area contributed by atoms with Crippen molar-refractivity contribution in [2.24, 2.45) is 4.99 Å². The molecular weight excluding hydrogens is 412 g/mol. The van der Waals surface area contributed by atoms with Crippen LogP contribution in [0, 0.1) is 0 Å². The number of carbonyl (C=O) groups is 1. The van der Waals surface area contributed by atoms with Crippen LogP contribution in [0.2, 0.25) is 0 Å². The quantitative estimate of drug-likeness (QED) is 0.605. The minimum absolute atomic E-state index is 0.0893. The molecule has 29 heavy (non-hydrogen) atoms. The van der Waals surface area contributed by atoms with Crippen molar-refractivity contribution in [3.05, 3.63) is 47.5 Å². The van der Waals surface area contributed by atoms with Crippen LogP contribution < -0.4 is 4.74 Å². The maximum atomic E-state index is 12.8. The third kappa shape index (κ3) is 3.30. The summed E-state index contributed by atoms with van der Waals surface area (Å²) in [6.45, 7) is 3.70. The third-order valence-corrected chi connectivity index (χ3v) is 6.97. The van der Waals surface area contributed by atoms with Gasteiger partial charge < -0.3 is 19.7 Å². The molecule has 0 bridgehead atoms. The number of aromatic hydroxyl groups is 2. The first-order valence-corrected chi connectivity index (χ1v) is 10.3. The maximum Gasteiger partial charge on any atom is 0.375 e. The molecule has 0 spiro atoms. The van der Waals surface area contributed by atoms with Crippen LogP contribution in [0.5, 0.6) is 17.2 Å². The van der Waals surface area contributed by atoms with E-state index in [9.17, 15) is 15.0 Å². The number of phenolic OH excluding ortho intramolecular Hbond substituents is 2. The van der Waals surface area contributed by atoms with Gasteiger partial charge in [-0.25, -0.2) is 14.8 Å². The summed E-state index contributed by atoms with van der Waals surface area (Å²) in [5, 5.41) is 20.4. The second kappa shape index (κ2) is 6.93. The van der Waals surface area contributed by atoms with Gasteiger partial charge in [0.15, 0.2) is 0 Å². The maximum absolute atomic E-state index is 12.8. The predicted molar refractivity (Wildman–Crippen MR) is 113 cm³/mol. The number of carbonyl (C=O) groups excluding carboxylic acids is 1. The number of thiazole rings is 1. The number of esters is 1. The Morgan fingerprint density at radius 1 is 1.07 bits per heavy atom. The molecule has 2 heterocycles. The van der Waals surface area contributed by atoms with E-state index in [1.54, 1.807) is 30.3 Å². The number of thioether (sulfide) groups is 1. The number of hydrogen-bond acceptors (Lipinski definition) is 9. The standard InChI is InChI=1S/C20H18N2O5S2/c1-19(2)20(18(25)26-3,27-13-7-4-11(23)5-8-13)22-17(29-19)16-21-14-9-6-12(24)10-15(14)28-16/h4-10,23-24H,1-3H3. The van der Waals surface area contributed by atoms with Crippen LogP contribution >= 0.6 is 23.1 Å². The Kier molecular flexibility index (Phi) is 4.66. The van der Waals surface area contributed by atoms with Gasteiger partial charge >= 0.3 is 11.7 Å². The van der Waals surface area contributed by atoms with E-state index in [1.807, 2.05) is 13.8 Å². The third-order valence-electron chi connectivity index (χ3n) is 4.55. The van der Waals surface area contributed by atoms with E-state index in [4.69, 9.17) is 9.47 Å². The van der Waals surface area contributed by atoms with E-state index >= 15 is 0 Å². The molecule has 2 aromatic carbocycles. The zero-order chi connectivity index (χ0) is 20.8. The number of benzene rings is 2. The highest BCUT2D eigenvalue weighted by atomic mass is 32.2. The fourth-order valence-corrected chi connectivity index (χ4v) is 5.24. The topological polar surface area (TPSA) is 101 Å². The minimum atomic E-state index is -1.63. The molecule has 1 unspecified atom stereocenters. The molecule has 1 aromatic heterocycles. The lowest BCUT2D eigenvalue weighted by atomic mass is 9.98. The van der Waals surface area contributed by atoms with Crippen LogP contribution in [0.25, 0.3) is 10.2 Å². The van der Waals surface area contributed by atoms with Gasteiger partial charge in [0.1, 0.15) is 27.3 Å². The Labute approximate surface area is 175 Å². The van der Waals surface area contributed by atoms with E-state index in [0.717, 1.165) is 10.2 Å². The lowest BCUT2D eigenvalue weighted by Gasteiger charge is -2.35. The number of methoxy groups -OCH3 is 1. The Bertz CT molecular complexity index is 1120. The molecule has 0 amide bonds. The summed E-state index contributed by atoms with van der Waals surface area (Å²) in [4.78, 5) is 22.1. The van der Waals surface area contributed by atoms with Crippen LogP contribution in [0.3, 0.4) is 0 Å². The molecule has 1 aliphatic rings. The summed E-state index contributed by atoms with van der Waals surface area (Å²) >= 11 is 2.75. The summed E-state index contributed by atoms with van der Waals surface area (Å²) in [6, 6.07) is 11.0. The predicted octanol–water partition coefficient (Wildman–Crippen LogP) is 3.93. The highest BCUT2D eigenvalue weighted by Crippen LogP contribution is 2.49. The van der Waals surface area contributed by atoms with Crippen molar-refractivity contribution in [3.8, 4) is 17.2 Å². The van der Waals surface area contributed by atoms with Crippen LogP contribution in [-0.4, -0.2) is 43.8 Å². The number of aromatic nitrogens is 1. The van der Waals surface area contributed by atoms with Gasteiger partial charge in [0.05, 0.1) is 22.1 Å². The molecule has 0 aliphatic carbocycles. The van der Waals surface area contributed by atoms with Crippen molar-refractivity contribution in [3.63, 3.8) is 0 Å². The lowest BCUT2D eigenvalue weighted by molar-refractivity contribution is -0.160. The minimum Gasteiger partial charge on any atom is -0.508 e. The molecule has 3 aromatic rings. The van der Waals surface area contributed by atoms with Crippen LogP contribution in [0.1, 0.15) is 18.9 Å². The molecule has 2 N–H and O–H groups in total. The summed E-state index contributed by atoms with van der Waals surface area (Å²) in [7, 11) is 1.29. The van der Waals surface area contributed by atoms with Crippen molar-refractivity contribution < 1.29 is 24.5 Å². The highest BCUT2D eigenvalue weighted by molar-refractivity contribution is 8.16. The first kappa shape index (κ1) is 19.5. The van der Waals surface area contributed by atoms with Gasteiger partial charge in [-0.15, -0.1) is 11.3 Å². The van der Waals surface area contributed by atoms with Crippen molar-refractivity contribution in [1.29, 1.82) is 0 Å². The number of hydrogen-bond donors (Lipinski definition) is 2. The normalized spacial score (nSPS) is 20.4. The Morgan fingerprint density at radius 2 is 1.76 bits per heavy atom. The van der Waals surface area contributed by atoms with E-state index in [1.165, 1.54) is 42.3 Å². The van der Waals surface area contributed by atoms with Crippen molar-refractivity contribution in [2.75, 3.05) is 7.11 Å². The monoisotopic (exact) mass is 430 g/mol. The molecule has 0 radical (unpaired) electrons. The summed E-state index contributed by atoms with van der Waals surface area (Å²) in [5.74, 6) is -0.00186. The SMILES string of the molecule is COC(=O)C1(Oc2ccc(O)cc2)N=C(c2nc3ccc(O)cc3s2)SC1(C)C. The first-order chi connectivity index (χ1) is 13.7. The molecule has 0 fully saturated rings. The van der Waals surface area contributed by atoms with Crippen LogP contribution in [-0.2, 0) is 9.53 Å². The van der Waals surface area contributed by atoms with Gasteiger partial charge in [-0.1, -0.05) is 11.8 Å². The van der Waals surface area contributed by atoms with Crippen LogP contribution in [0.4, 0.5) is 0 Å². The van der Waals surface area contributed by atoms with E-state index < -0.39 is 16.4 Å². The summed E-state index contributed by atoms with van der Waals surface area (Å²) in [5.41, 5.74) is -0.891. The highest BCUT2D eigenvalue weighted by Gasteiger charge is 2.61. The van der Waals surface area contributed by atoms with Gasteiger partial charge in [0.25, 0.3) is 0 Å². The number of rotatable bonds is 4. The second-order valence-electron chi connectivity index (χ2n) is 6.93. The molecule has 0 saturated carbocycles. The number of aliphatic imine (C=N–C) groups is 1. The van der Waals surface area contributed by atoms with Gasteiger partial charge in [-0.05, 0) is 56.3 Å². The molecule has 4 rings (SSSR count). The Morgan fingerprint density at radius 3 is 2.45 bits per heavy atom. The van der Waals surface area contributed by atoms with Crippen molar-refractivity contribution in [1.82, 2.24) is 4.98 Å². The molecular formula is C20H18N2O5S2. The molecule has 1 aliphatic heterocycles. The van der Waals surface area contributed by atoms with Gasteiger partial charge in [-0.2, -0.15) is 0 Å². The molecule has 0 saturated heterocycles. The smallest absolute Gasteiger partial charge is 0.375 e. The average Bonchev–Trinajstić information content (AvgIpc) is 3.21. The zero-order valence-electron chi connectivity index (χ0n) is 15.9. The number of ether oxygens (including phenoxy) is 2. The van der Waals surface area contributed by atoms with E-state index in [-0.39, 0.29) is 11.5 Å². The van der Waals surface area contributed by atoms with Gasteiger partial charge in [-0.3, -0.25) is 0 Å². The van der Waals surface area contributed by atoms with Gasteiger partial charge in [0, 0.05) is 0 Å². The molecule has 150 valence electrons. The lowest BCUT2D eigenvalue weighted by Crippen LogP contribution is -2.55. The Balaban J connectivity index is 1.81. The van der Waals surface area contributed by atoms with Crippen LogP contribution in [0.15, 0.2) is 47.5 Å². The second-order valence-corrected chi connectivity index (χ2v) is 9.57. The number of phenols is 2. The fourth-order valence-electron chi connectivity index (χ4n) is 3.01. The zero-order valence-corrected chi connectivity index (χ0v) is 17.5. The van der Waals surface area contributed by atoms with E-state index in [0.29, 0.717) is 15.8 Å². The Hall–Kier alpha value is -2.78. The first-order valence-electron chi connectivity index (χ1n) is 8.69. The van der Waals surface area contributed by atoms with Crippen molar-refractivity contribution >= 4 is 44.3 Å².